The molecule has 2 aromatic rings. The van der Waals surface area contributed by atoms with Crippen molar-refractivity contribution in [2.75, 3.05) is 31.6 Å². The second-order valence-electron chi connectivity index (χ2n) is 6.04. The Hall–Kier alpha value is -1.66. The molecule has 1 amide bonds. The number of thiophene rings is 1. The molecule has 2 atom stereocenters. The van der Waals surface area contributed by atoms with E-state index in [0.29, 0.717) is 10.9 Å². The molecule has 2 fully saturated rings. The molecule has 4 heterocycles. The Morgan fingerprint density at radius 2 is 2.29 bits per heavy atom. The van der Waals surface area contributed by atoms with Crippen LogP contribution < -0.4 is 10.6 Å². The molecule has 2 aromatic heterocycles. The van der Waals surface area contributed by atoms with Gasteiger partial charge in [-0.25, -0.2) is 4.98 Å². The SMILES string of the molecule is CN1CCC2CN(c3ccc4cc(C(N)=O)sc4n3)CC21. The van der Waals surface area contributed by atoms with Gasteiger partial charge >= 0.3 is 0 Å². The average Bonchev–Trinajstić information content (AvgIpc) is 3.13. The largest absolute Gasteiger partial charge is 0.365 e. The van der Waals surface area contributed by atoms with Gasteiger partial charge in [0.1, 0.15) is 10.6 Å². The highest BCUT2D eigenvalue weighted by Crippen LogP contribution is 2.34. The Kier molecular flexibility index (Phi) is 2.90. The van der Waals surface area contributed by atoms with Crippen LogP contribution in [0.1, 0.15) is 16.1 Å². The molecule has 2 aliphatic heterocycles. The van der Waals surface area contributed by atoms with Gasteiger partial charge in [0.15, 0.2) is 0 Å². The van der Waals surface area contributed by atoms with Gasteiger partial charge in [-0.3, -0.25) is 4.79 Å². The highest BCUT2D eigenvalue weighted by atomic mass is 32.1. The van der Waals surface area contributed by atoms with Crippen LogP contribution in [-0.2, 0) is 0 Å². The number of aromatic nitrogens is 1. The van der Waals surface area contributed by atoms with Crippen LogP contribution in [0.5, 0.6) is 0 Å². The highest BCUT2D eigenvalue weighted by molar-refractivity contribution is 7.20. The second-order valence-corrected chi connectivity index (χ2v) is 7.07. The zero-order valence-corrected chi connectivity index (χ0v) is 12.8. The normalized spacial score (nSPS) is 25.7. The fourth-order valence-electron chi connectivity index (χ4n) is 3.56. The molecule has 5 nitrogen and oxygen atoms in total. The number of hydrogen-bond acceptors (Lipinski definition) is 5. The number of likely N-dealkylation sites (N-methyl/N-ethyl adjacent to an activating group) is 1. The quantitative estimate of drug-likeness (QED) is 0.914. The van der Waals surface area contributed by atoms with Gasteiger partial charge in [0.2, 0.25) is 0 Å². The van der Waals surface area contributed by atoms with Gasteiger partial charge in [-0.1, -0.05) is 0 Å². The standard InChI is InChI=1S/C15H18N4OS/c1-18-5-4-10-7-19(8-11(10)18)13-3-2-9-6-12(14(16)20)21-15(9)17-13/h2-3,6,10-11H,4-5,7-8H2,1H3,(H2,16,20). The number of pyridine rings is 1. The fraction of sp³-hybridized carbons (Fsp3) is 0.467. The summed E-state index contributed by atoms with van der Waals surface area (Å²) in [6, 6.07) is 6.58. The number of nitrogens with zero attached hydrogens (tertiary/aromatic N) is 3. The Balaban J connectivity index is 1.64. The number of carbonyl (C=O) groups excluding carboxylic acids is 1. The van der Waals surface area contributed by atoms with E-state index in [0.717, 1.165) is 35.0 Å². The van der Waals surface area contributed by atoms with Crippen LogP contribution in [0.3, 0.4) is 0 Å². The summed E-state index contributed by atoms with van der Waals surface area (Å²) in [6.07, 6.45) is 1.28. The molecule has 21 heavy (non-hydrogen) atoms. The van der Waals surface area contributed by atoms with Crippen molar-refractivity contribution in [1.29, 1.82) is 0 Å². The molecular formula is C15H18N4OS. The number of carbonyl (C=O) groups is 1. The molecule has 2 N–H and O–H groups in total. The topological polar surface area (TPSA) is 62.5 Å². The molecule has 0 aliphatic carbocycles. The van der Waals surface area contributed by atoms with Crippen LogP contribution in [0.2, 0.25) is 0 Å². The Morgan fingerprint density at radius 3 is 3.05 bits per heavy atom. The number of amides is 1. The highest BCUT2D eigenvalue weighted by Gasteiger charge is 2.39. The van der Waals surface area contributed by atoms with Crippen molar-refractivity contribution in [1.82, 2.24) is 9.88 Å². The van der Waals surface area contributed by atoms with Crippen molar-refractivity contribution in [2.24, 2.45) is 11.7 Å². The lowest BCUT2D eigenvalue weighted by Crippen LogP contribution is -2.32. The van der Waals surface area contributed by atoms with Crippen molar-refractivity contribution >= 4 is 33.3 Å². The molecule has 6 heteroatoms. The van der Waals surface area contributed by atoms with Crippen LogP contribution >= 0.6 is 11.3 Å². The lowest BCUT2D eigenvalue weighted by molar-refractivity contribution is 0.100. The molecule has 4 rings (SSSR count). The van der Waals surface area contributed by atoms with Crippen LogP contribution in [0.15, 0.2) is 18.2 Å². The van der Waals surface area contributed by atoms with E-state index in [1.807, 2.05) is 12.1 Å². The van der Waals surface area contributed by atoms with Gasteiger partial charge in [0.25, 0.3) is 5.91 Å². The summed E-state index contributed by atoms with van der Waals surface area (Å²) in [6.45, 7) is 3.35. The van der Waals surface area contributed by atoms with E-state index < -0.39 is 0 Å². The summed E-state index contributed by atoms with van der Waals surface area (Å²) in [5.74, 6) is 1.40. The van der Waals surface area contributed by atoms with Crippen LogP contribution in [0, 0.1) is 5.92 Å². The summed E-state index contributed by atoms with van der Waals surface area (Å²) in [5, 5.41) is 0.994. The third-order valence-electron chi connectivity index (χ3n) is 4.76. The van der Waals surface area contributed by atoms with E-state index >= 15 is 0 Å². The number of nitrogens with two attached hydrogens (primary N) is 1. The maximum atomic E-state index is 11.3. The monoisotopic (exact) mass is 302 g/mol. The van der Waals surface area contributed by atoms with E-state index in [2.05, 4.69) is 22.9 Å². The molecule has 2 aliphatic rings. The third kappa shape index (κ3) is 2.10. The molecule has 0 radical (unpaired) electrons. The molecule has 0 spiro atoms. The maximum Gasteiger partial charge on any atom is 0.258 e. The molecule has 110 valence electrons. The zero-order valence-electron chi connectivity index (χ0n) is 12.0. The number of primary amides is 1. The summed E-state index contributed by atoms with van der Waals surface area (Å²) in [5.41, 5.74) is 5.34. The Labute approximate surface area is 127 Å². The number of likely N-dealkylation sites (tertiary alicyclic amines) is 1. The Bertz CT molecular complexity index is 713. The molecule has 0 saturated carbocycles. The minimum absolute atomic E-state index is 0.378. The first-order valence-corrected chi connectivity index (χ1v) is 8.09. The number of anilines is 1. The molecule has 0 bridgehead atoms. The van der Waals surface area contributed by atoms with Crippen molar-refractivity contribution < 1.29 is 4.79 Å². The first-order valence-electron chi connectivity index (χ1n) is 7.27. The van der Waals surface area contributed by atoms with E-state index in [-0.39, 0.29) is 5.91 Å². The van der Waals surface area contributed by atoms with Gasteiger partial charge in [-0.15, -0.1) is 11.3 Å². The molecule has 2 saturated heterocycles. The van der Waals surface area contributed by atoms with Crippen molar-refractivity contribution in [2.45, 2.75) is 12.5 Å². The Morgan fingerprint density at radius 1 is 1.43 bits per heavy atom. The summed E-state index contributed by atoms with van der Waals surface area (Å²) < 4.78 is 0. The summed E-state index contributed by atoms with van der Waals surface area (Å²) in [4.78, 5) is 22.3. The average molecular weight is 302 g/mol. The van der Waals surface area contributed by atoms with E-state index in [1.165, 1.54) is 24.3 Å². The minimum atomic E-state index is -0.378. The maximum absolute atomic E-state index is 11.3. The lowest BCUT2D eigenvalue weighted by atomic mass is 10.1. The van der Waals surface area contributed by atoms with Crippen molar-refractivity contribution in [3.8, 4) is 0 Å². The molecular weight excluding hydrogens is 284 g/mol. The second kappa shape index (κ2) is 4.68. The van der Waals surface area contributed by atoms with Crippen molar-refractivity contribution in [3.63, 3.8) is 0 Å². The van der Waals surface area contributed by atoms with Crippen LogP contribution in [0.4, 0.5) is 5.82 Å². The first-order chi connectivity index (χ1) is 10.1. The van der Waals surface area contributed by atoms with Crippen LogP contribution in [-0.4, -0.2) is 48.5 Å². The van der Waals surface area contributed by atoms with Gasteiger partial charge in [-0.2, -0.15) is 0 Å². The van der Waals surface area contributed by atoms with Gasteiger partial charge in [0.05, 0.1) is 4.88 Å². The summed E-state index contributed by atoms with van der Waals surface area (Å²) in [7, 11) is 2.21. The van der Waals surface area contributed by atoms with Crippen LogP contribution in [0.25, 0.3) is 10.2 Å². The fourth-order valence-corrected chi connectivity index (χ4v) is 4.44. The smallest absolute Gasteiger partial charge is 0.258 e. The van der Waals surface area contributed by atoms with E-state index in [1.54, 1.807) is 0 Å². The molecule has 2 unspecified atom stereocenters. The number of hydrogen-bond donors (Lipinski definition) is 1. The number of rotatable bonds is 2. The predicted octanol–water partition coefficient (Wildman–Crippen LogP) is 1.54. The molecule has 0 aromatic carbocycles. The van der Waals surface area contributed by atoms with Gasteiger partial charge in [0, 0.05) is 24.5 Å². The third-order valence-corrected chi connectivity index (χ3v) is 5.82. The lowest BCUT2D eigenvalue weighted by Gasteiger charge is -2.21. The van der Waals surface area contributed by atoms with E-state index in [4.69, 9.17) is 10.7 Å². The zero-order chi connectivity index (χ0) is 14.6. The van der Waals surface area contributed by atoms with E-state index in [9.17, 15) is 4.79 Å². The summed E-state index contributed by atoms with van der Waals surface area (Å²) >= 11 is 1.38. The number of fused-ring (bicyclic) bond motifs is 2. The van der Waals surface area contributed by atoms with Gasteiger partial charge < -0.3 is 15.5 Å². The predicted molar refractivity (Wildman–Crippen MR) is 84.9 cm³/mol. The van der Waals surface area contributed by atoms with Gasteiger partial charge in [-0.05, 0) is 44.1 Å². The minimum Gasteiger partial charge on any atom is -0.365 e. The first kappa shape index (κ1) is 13.0. The van der Waals surface area contributed by atoms with Crippen molar-refractivity contribution in [3.05, 3.63) is 23.1 Å².